The number of aliphatic carboxylic acids is 1. The van der Waals surface area contributed by atoms with Crippen LogP contribution in [0.1, 0.15) is 48.7 Å². The van der Waals surface area contributed by atoms with Crippen molar-refractivity contribution in [2.45, 2.75) is 38.6 Å². The monoisotopic (exact) mass is 387 g/mol. The zero-order chi connectivity index (χ0) is 20.4. The van der Waals surface area contributed by atoms with Crippen molar-refractivity contribution in [3.8, 4) is 0 Å². The number of rotatable bonds is 7. The topological polar surface area (TPSA) is 99.6 Å². The van der Waals surface area contributed by atoms with Crippen molar-refractivity contribution in [1.29, 1.82) is 0 Å². The van der Waals surface area contributed by atoms with E-state index < -0.39 is 23.7 Å². The van der Waals surface area contributed by atoms with Gasteiger partial charge in [0.2, 0.25) is 5.91 Å². The third-order valence-electron chi connectivity index (χ3n) is 4.83. The predicted octanol–water partition coefficient (Wildman–Crippen LogP) is 2.30. The Labute approximate surface area is 161 Å². The molecule has 2 aromatic rings. The fourth-order valence-electron chi connectivity index (χ4n) is 3.10. The molecular weight excluding hydrogens is 365 g/mol. The zero-order valence-corrected chi connectivity index (χ0v) is 15.7. The molecular formula is C20H22FN3O4. The van der Waals surface area contributed by atoms with E-state index in [0.29, 0.717) is 10.9 Å². The summed E-state index contributed by atoms with van der Waals surface area (Å²) < 4.78 is 13.8. The van der Waals surface area contributed by atoms with E-state index in [-0.39, 0.29) is 30.5 Å². The third kappa shape index (κ3) is 4.27. The highest BCUT2D eigenvalue weighted by Crippen LogP contribution is 2.40. The highest BCUT2D eigenvalue weighted by Gasteiger charge is 2.31. The van der Waals surface area contributed by atoms with Crippen molar-refractivity contribution in [1.82, 2.24) is 15.2 Å². The van der Waals surface area contributed by atoms with Crippen molar-refractivity contribution < 1.29 is 23.9 Å². The number of hydrogen-bond donors (Lipinski definition) is 2. The van der Waals surface area contributed by atoms with E-state index in [1.54, 1.807) is 6.07 Å². The van der Waals surface area contributed by atoms with Gasteiger partial charge in [0.15, 0.2) is 0 Å². The first kappa shape index (κ1) is 19.7. The summed E-state index contributed by atoms with van der Waals surface area (Å²) in [5.41, 5.74) is 1.48. The fourth-order valence-corrected chi connectivity index (χ4v) is 3.10. The highest BCUT2D eigenvalue weighted by atomic mass is 19.1. The Hall–Kier alpha value is -3.03. The van der Waals surface area contributed by atoms with Gasteiger partial charge in [-0.3, -0.25) is 14.6 Å². The molecule has 8 heteroatoms. The number of halogens is 1. The maximum atomic E-state index is 13.8. The second-order valence-corrected chi connectivity index (χ2v) is 7.03. The Morgan fingerprint density at radius 2 is 2.04 bits per heavy atom. The largest absolute Gasteiger partial charge is 0.480 e. The van der Waals surface area contributed by atoms with Crippen molar-refractivity contribution in [3.05, 3.63) is 41.3 Å². The molecule has 2 N–H and O–H groups in total. The van der Waals surface area contributed by atoms with Gasteiger partial charge in [-0.2, -0.15) is 0 Å². The van der Waals surface area contributed by atoms with E-state index in [1.807, 2.05) is 0 Å². The Morgan fingerprint density at radius 1 is 1.32 bits per heavy atom. The summed E-state index contributed by atoms with van der Waals surface area (Å²) in [7, 11) is 0. The minimum absolute atomic E-state index is 0.0176. The van der Waals surface area contributed by atoms with Crippen LogP contribution in [0.15, 0.2) is 24.3 Å². The number of hydrogen-bond acceptors (Lipinski definition) is 4. The van der Waals surface area contributed by atoms with E-state index in [9.17, 15) is 23.9 Å². The molecule has 0 radical (unpaired) electrons. The standard InChI is InChI=1S/C20H22FN3O4/c1-11(20(27)28)24(8-7-22-12(2)25)19(26)16-10-18(13-3-4-13)23-17-6-5-14(21)9-15(16)17/h5-6,9-11,13H,3-4,7-8H2,1-2H3,(H,22,25)(H,27,28). The van der Waals surface area contributed by atoms with Gasteiger partial charge in [0, 0.05) is 37.0 Å². The van der Waals surface area contributed by atoms with Crippen molar-refractivity contribution in [3.63, 3.8) is 0 Å². The van der Waals surface area contributed by atoms with Crippen LogP contribution in [-0.4, -0.2) is 51.9 Å². The number of amides is 2. The summed E-state index contributed by atoms with van der Waals surface area (Å²) in [6.07, 6.45) is 1.95. The smallest absolute Gasteiger partial charge is 0.326 e. The maximum absolute atomic E-state index is 13.8. The van der Waals surface area contributed by atoms with E-state index in [1.165, 1.54) is 36.9 Å². The molecule has 0 spiro atoms. The number of fused-ring (bicyclic) bond motifs is 1. The number of benzene rings is 1. The average Bonchev–Trinajstić information content (AvgIpc) is 3.48. The normalized spacial score (nSPS) is 14.5. The molecule has 148 valence electrons. The molecule has 0 aliphatic heterocycles. The molecule has 2 amide bonds. The number of aromatic nitrogens is 1. The summed E-state index contributed by atoms with van der Waals surface area (Å²) in [6.45, 7) is 2.88. The van der Waals surface area contributed by atoms with E-state index in [4.69, 9.17) is 0 Å². The second kappa shape index (κ2) is 7.92. The highest BCUT2D eigenvalue weighted by molar-refractivity contribution is 6.07. The minimum atomic E-state index is -1.16. The lowest BCUT2D eigenvalue weighted by atomic mass is 10.0. The number of pyridine rings is 1. The van der Waals surface area contributed by atoms with Crippen molar-refractivity contribution >= 4 is 28.7 Å². The first-order valence-electron chi connectivity index (χ1n) is 9.16. The summed E-state index contributed by atoms with van der Waals surface area (Å²) in [6, 6.07) is 4.58. The molecule has 3 rings (SSSR count). The van der Waals surface area contributed by atoms with Gasteiger partial charge in [-0.1, -0.05) is 0 Å². The molecule has 1 atom stereocenters. The van der Waals surface area contributed by atoms with Gasteiger partial charge in [0.05, 0.1) is 11.1 Å². The van der Waals surface area contributed by atoms with Crippen LogP contribution in [0.4, 0.5) is 4.39 Å². The fraction of sp³-hybridized carbons (Fsp3) is 0.400. The number of carbonyl (C=O) groups is 3. The zero-order valence-electron chi connectivity index (χ0n) is 15.7. The van der Waals surface area contributed by atoms with Crippen LogP contribution in [-0.2, 0) is 9.59 Å². The van der Waals surface area contributed by atoms with Crippen LogP contribution in [0.3, 0.4) is 0 Å². The first-order chi connectivity index (χ1) is 13.3. The van der Waals surface area contributed by atoms with Gasteiger partial charge in [0.25, 0.3) is 5.91 Å². The van der Waals surface area contributed by atoms with Crippen molar-refractivity contribution in [2.75, 3.05) is 13.1 Å². The Morgan fingerprint density at radius 3 is 2.64 bits per heavy atom. The van der Waals surface area contributed by atoms with E-state index in [2.05, 4.69) is 10.3 Å². The second-order valence-electron chi connectivity index (χ2n) is 7.03. The minimum Gasteiger partial charge on any atom is -0.480 e. The molecule has 1 aromatic carbocycles. The number of nitrogens with zero attached hydrogens (tertiary/aromatic N) is 2. The molecule has 1 heterocycles. The van der Waals surface area contributed by atoms with Gasteiger partial charge < -0.3 is 15.3 Å². The van der Waals surface area contributed by atoms with Gasteiger partial charge in [0.1, 0.15) is 11.9 Å². The van der Waals surface area contributed by atoms with Crippen molar-refractivity contribution in [2.24, 2.45) is 0 Å². The average molecular weight is 387 g/mol. The van der Waals surface area contributed by atoms with Gasteiger partial charge >= 0.3 is 5.97 Å². The van der Waals surface area contributed by atoms with Gasteiger partial charge in [-0.15, -0.1) is 0 Å². The molecule has 1 unspecified atom stereocenters. The number of carboxylic acids is 1. The molecule has 1 fully saturated rings. The van der Waals surface area contributed by atoms with Crippen LogP contribution in [0.2, 0.25) is 0 Å². The van der Waals surface area contributed by atoms with Crippen LogP contribution < -0.4 is 5.32 Å². The van der Waals surface area contributed by atoms with Crippen LogP contribution in [0, 0.1) is 5.82 Å². The van der Waals surface area contributed by atoms with Crippen LogP contribution in [0.25, 0.3) is 10.9 Å². The molecule has 1 aliphatic rings. The third-order valence-corrected chi connectivity index (χ3v) is 4.83. The number of nitrogens with one attached hydrogen (secondary N) is 1. The molecule has 0 bridgehead atoms. The predicted molar refractivity (Wildman–Crippen MR) is 100 cm³/mol. The lowest BCUT2D eigenvalue weighted by Crippen LogP contribution is -2.46. The van der Waals surface area contributed by atoms with Crippen LogP contribution >= 0.6 is 0 Å². The Balaban J connectivity index is 2.03. The van der Waals surface area contributed by atoms with E-state index >= 15 is 0 Å². The summed E-state index contributed by atoms with van der Waals surface area (Å²) >= 11 is 0. The van der Waals surface area contributed by atoms with Crippen LogP contribution in [0.5, 0.6) is 0 Å². The SMILES string of the molecule is CC(=O)NCCN(C(=O)c1cc(C2CC2)nc2ccc(F)cc12)C(C)C(=O)O. The molecule has 0 saturated heterocycles. The van der Waals surface area contributed by atoms with Gasteiger partial charge in [-0.05, 0) is 44.0 Å². The molecule has 28 heavy (non-hydrogen) atoms. The molecule has 1 aromatic heterocycles. The summed E-state index contributed by atoms with van der Waals surface area (Å²) in [5.74, 6) is -2.20. The maximum Gasteiger partial charge on any atom is 0.326 e. The first-order valence-corrected chi connectivity index (χ1v) is 9.16. The Kier molecular flexibility index (Phi) is 5.58. The summed E-state index contributed by atoms with van der Waals surface area (Å²) in [5, 5.41) is 12.3. The number of carbonyl (C=O) groups excluding carboxylic acids is 2. The Bertz CT molecular complexity index is 942. The lowest BCUT2D eigenvalue weighted by Gasteiger charge is -2.27. The van der Waals surface area contributed by atoms with E-state index in [0.717, 1.165) is 18.5 Å². The molecule has 1 aliphatic carbocycles. The number of carboxylic acid groups (broad SMARTS) is 1. The van der Waals surface area contributed by atoms with Gasteiger partial charge in [-0.25, -0.2) is 9.18 Å². The molecule has 1 saturated carbocycles. The lowest BCUT2D eigenvalue weighted by molar-refractivity contribution is -0.141. The quantitative estimate of drug-likeness (QED) is 0.759. The summed E-state index contributed by atoms with van der Waals surface area (Å²) in [4.78, 5) is 41.6. The molecule has 7 nitrogen and oxygen atoms in total.